The fourth-order valence-corrected chi connectivity index (χ4v) is 1.40. The van der Waals surface area contributed by atoms with Gasteiger partial charge in [0.1, 0.15) is 0 Å². The number of benzene rings is 1. The van der Waals surface area contributed by atoms with Crippen LogP contribution in [0.15, 0.2) is 54.9 Å². The second kappa shape index (κ2) is 9.17. The van der Waals surface area contributed by atoms with Crippen LogP contribution in [0.4, 0.5) is 0 Å². The van der Waals surface area contributed by atoms with Crippen molar-refractivity contribution in [2.24, 2.45) is 0 Å². The van der Waals surface area contributed by atoms with E-state index in [1.54, 1.807) is 38.8 Å². The minimum Gasteiger partial charge on any atom is -0.493 e. The van der Waals surface area contributed by atoms with E-state index in [0.717, 1.165) is 5.56 Å². The van der Waals surface area contributed by atoms with Crippen LogP contribution in [-0.2, 0) is 0 Å². The Morgan fingerprint density at radius 3 is 2.20 bits per heavy atom. The van der Waals surface area contributed by atoms with Crippen LogP contribution in [-0.4, -0.2) is 19.2 Å². The van der Waals surface area contributed by atoms with Crippen molar-refractivity contribution in [3.63, 3.8) is 0 Å². The van der Waals surface area contributed by atoms with Gasteiger partial charge in [-0.3, -0.25) is 4.98 Å². The van der Waals surface area contributed by atoms with Gasteiger partial charge in [-0.1, -0.05) is 12.1 Å². The summed E-state index contributed by atoms with van der Waals surface area (Å²) in [6.07, 6.45) is 6.63. The second-order valence-electron chi connectivity index (χ2n) is 3.60. The predicted octanol–water partition coefficient (Wildman–Crippen LogP) is 3.32. The number of nitriles is 1. The summed E-state index contributed by atoms with van der Waals surface area (Å²) < 4.78 is 10.2. The van der Waals surface area contributed by atoms with Gasteiger partial charge in [-0.15, -0.1) is 0 Å². The Bertz CT molecular complexity index is 548. The zero-order valence-corrected chi connectivity index (χ0v) is 11.5. The summed E-state index contributed by atoms with van der Waals surface area (Å²) in [4.78, 5) is 3.78. The Morgan fingerprint density at radius 2 is 1.75 bits per heavy atom. The van der Waals surface area contributed by atoms with Crippen LogP contribution >= 0.6 is 0 Å². The van der Waals surface area contributed by atoms with Crippen molar-refractivity contribution in [2.75, 3.05) is 14.2 Å². The molecule has 1 aromatic carbocycles. The number of allylic oxidation sites excluding steroid dienone is 1. The highest BCUT2D eigenvalue weighted by molar-refractivity contribution is 5.57. The summed E-state index contributed by atoms with van der Waals surface area (Å²) in [5, 5.41) is 8.36. The summed E-state index contributed by atoms with van der Waals surface area (Å²) in [6, 6.07) is 13.1. The van der Waals surface area contributed by atoms with Crippen LogP contribution < -0.4 is 9.47 Å². The van der Waals surface area contributed by atoms with E-state index in [4.69, 9.17) is 14.7 Å². The smallest absolute Gasteiger partial charge is 0.161 e. The molecule has 0 aliphatic carbocycles. The predicted molar refractivity (Wildman–Crippen MR) is 78.4 cm³/mol. The van der Waals surface area contributed by atoms with Crippen molar-refractivity contribution in [3.05, 3.63) is 60.4 Å². The van der Waals surface area contributed by atoms with E-state index >= 15 is 0 Å². The highest BCUT2D eigenvalue weighted by Crippen LogP contribution is 2.27. The molecule has 2 rings (SSSR count). The topological polar surface area (TPSA) is 55.1 Å². The SMILES string of the molecule is COc1ccc(C=CC#N)cc1OC.c1ccncc1. The first-order chi connectivity index (χ1) is 9.81. The third-order valence-electron chi connectivity index (χ3n) is 2.32. The van der Waals surface area contributed by atoms with Crippen LogP contribution in [0.2, 0.25) is 0 Å². The molecule has 4 nitrogen and oxygen atoms in total. The number of pyridine rings is 1. The fourth-order valence-electron chi connectivity index (χ4n) is 1.40. The average Bonchev–Trinajstić information content (AvgIpc) is 2.54. The Kier molecular flexibility index (Phi) is 7.00. The summed E-state index contributed by atoms with van der Waals surface area (Å²) in [5.41, 5.74) is 0.907. The second-order valence-corrected chi connectivity index (χ2v) is 3.60. The molecule has 20 heavy (non-hydrogen) atoms. The number of hydrogen-bond donors (Lipinski definition) is 0. The molecule has 0 unspecified atom stereocenters. The summed E-state index contributed by atoms with van der Waals surface area (Å²) in [6.45, 7) is 0. The van der Waals surface area contributed by atoms with Gasteiger partial charge in [0.05, 0.1) is 20.3 Å². The summed E-state index contributed by atoms with van der Waals surface area (Å²) in [7, 11) is 3.16. The van der Waals surface area contributed by atoms with Gasteiger partial charge in [-0.05, 0) is 35.9 Å². The lowest BCUT2D eigenvalue weighted by Crippen LogP contribution is -1.90. The minimum absolute atomic E-state index is 0.660. The molecule has 102 valence electrons. The first-order valence-corrected chi connectivity index (χ1v) is 5.95. The monoisotopic (exact) mass is 268 g/mol. The zero-order chi connectivity index (χ0) is 14.6. The molecule has 2 aromatic rings. The molecule has 0 atom stereocenters. The quantitative estimate of drug-likeness (QED) is 0.801. The number of nitrogens with zero attached hydrogens (tertiary/aromatic N) is 2. The molecule has 0 bridgehead atoms. The van der Waals surface area contributed by atoms with Gasteiger partial charge in [0, 0.05) is 18.5 Å². The molecule has 4 heteroatoms. The lowest BCUT2D eigenvalue weighted by Gasteiger charge is -2.07. The molecule has 0 saturated carbocycles. The van der Waals surface area contributed by atoms with Crippen molar-refractivity contribution in [3.8, 4) is 17.6 Å². The molecule has 0 N–H and O–H groups in total. The Labute approximate surface area is 118 Å². The van der Waals surface area contributed by atoms with E-state index in [-0.39, 0.29) is 0 Å². The molecule has 0 radical (unpaired) electrons. The van der Waals surface area contributed by atoms with E-state index in [2.05, 4.69) is 4.98 Å². The van der Waals surface area contributed by atoms with Gasteiger partial charge in [0.25, 0.3) is 0 Å². The highest BCUT2D eigenvalue weighted by atomic mass is 16.5. The van der Waals surface area contributed by atoms with Crippen molar-refractivity contribution in [1.29, 1.82) is 5.26 Å². The van der Waals surface area contributed by atoms with Crippen LogP contribution in [0, 0.1) is 11.3 Å². The first-order valence-electron chi connectivity index (χ1n) is 5.95. The van der Waals surface area contributed by atoms with Crippen LogP contribution in [0.3, 0.4) is 0 Å². The molecule has 0 spiro atoms. The molecule has 0 aliphatic heterocycles. The number of hydrogen-bond acceptors (Lipinski definition) is 4. The van der Waals surface area contributed by atoms with Crippen molar-refractivity contribution in [1.82, 2.24) is 4.98 Å². The van der Waals surface area contributed by atoms with Crippen LogP contribution in [0.25, 0.3) is 6.08 Å². The average molecular weight is 268 g/mol. The third kappa shape index (κ3) is 5.23. The van der Waals surface area contributed by atoms with E-state index in [0.29, 0.717) is 11.5 Å². The maximum atomic E-state index is 8.36. The maximum Gasteiger partial charge on any atom is 0.161 e. The number of aromatic nitrogens is 1. The highest BCUT2D eigenvalue weighted by Gasteiger charge is 2.01. The molecule has 0 amide bonds. The first kappa shape index (κ1) is 15.3. The Balaban J connectivity index is 0.000000276. The molecular formula is C16H16N2O2. The zero-order valence-electron chi connectivity index (χ0n) is 11.5. The lowest BCUT2D eigenvalue weighted by atomic mass is 10.2. The number of methoxy groups -OCH3 is 2. The van der Waals surface area contributed by atoms with Gasteiger partial charge in [0.2, 0.25) is 0 Å². The van der Waals surface area contributed by atoms with Crippen molar-refractivity contribution >= 4 is 6.08 Å². The van der Waals surface area contributed by atoms with Gasteiger partial charge in [-0.2, -0.15) is 5.26 Å². The molecule has 0 fully saturated rings. The van der Waals surface area contributed by atoms with Gasteiger partial charge < -0.3 is 9.47 Å². The normalized spacial score (nSPS) is 9.25. The van der Waals surface area contributed by atoms with Crippen LogP contribution in [0.1, 0.15) is 5.56 Å². The number of rotatable bonds is 3. The van der Waals surface area contributed by atoms with E-state index in [1.807, 2.05) is 36.4 Å². The van der Waals surface area contributed by atoms with Crippen molar-refractivity contribution in [2.45, 2.75) is 0 Å². The summed E-state index contributed by atoms with van der Waals surface area (Å²) in [5.74, 6) is 1.34. The van der Waals surface area contributed by atoms with Crippen LogP contribution in [0.5, 0.6) is 11.5 Å². The van der Waals surface area contributed by atoms with Gasteiger partial charge in [-0.25, -0.2) is 0 Å². The Hall–Kier alpha value is -2.80. The molecule has 0 saturated heterocycles. The molecule has 1 aromatic heterocycles. The minimum atomic E-state index is 0.660. The van der Waals surface area contributed by atoms with Crippen molar-refractivity contribution < 1.29 is 9.47 Å². The van der Waals surface area contributed by atoms with Gasteiger partial charge >= 0.3 is 0 Å². The fraction of sp³-hybridized carbons (Fsp3) is 0.125. The number of ether oxygens (including phenoxy) is 2. The van der Waals surface area contributed by atoms with E-state index in [9.17, 15) is 0 Å². The maximum absolute atomic E-state index is 8.36. The third-order valence-corrected chi connectivity index (χ3v) is 2.32. The largest absolute Gasteiger partial charge is 0.493 e. The molecule has 0 aliphatic rings. The lowest BCUT2D eigenvalue weighted by molar-refractivity contribution is 0.355. The standard InChI is InChI=1S/C11H11NO2.C5H5N/c1-13-10-6-5-9(4-3-7-12)8-11(10)14-2;1-2-4-6-5-3-1/h3-6,8H,1-2H3;1-5H. The molecular weight excluding hydrogens is 252 g/mol. The van der Waals surface area contributed by atoms with E-state index in [1.165, 1.54) is 6.08 Å². The molecule has 1 heterocycles. The summed E-state index contributed by atoms with van der Waals surface area (Å²) >= 11 is 0. The van der Waals surface area contributed by atoms with E-state index < -0.39 is 0 Å². The van der Waals surface area contributed by atoms with Gasteiger partial charge in [0.15, 0.2) is 11.5 Å². The Morgan fingerprint density at radius 1 is 1.05 bits per heavy atom.